The van der Waals surface area contributed by atoms with Crippen LogP contribution in [0.1, 0.15) is 29.3 Å². The molecule has 2 fully saturated rings. The number of hydrogen-bond donors (Lipinski definition) is 2. The maximum atomic E-state index is 12.6. The summed E-state index contributed by atoms with van der Waals surface area (Å²) >= 11 is 0. The SMILES string of the molecule is Cc1ccc(C(=O)N[C@@H]2C[C@H]3CO[C@@H](C)CN3C2)cc1OCCN.Cl.Cl. The molecule has 3 rings (SSSR count). The topological polar surface area (TPSA) is 76.8 Å². The maximum absolute atomic E-state index is 12.6. The maximum Gasteiger partial charge on any atom is 0.251 e. The zero-order chi connectivity index (χ0) is 17.1. The molecule has 1 amide bonds. The lowest BCUT2D eigenvalue weighted by molar-refractivity contribution is -0.0390. The van der Waals surface area contributed by atoms with E-state index in [1.54, 1.807) is 6.07 Å². The number of rotatable bonds is 5. The highest BCUT2D eigenvalue weighted by atomic mass is 35.5. The van der Waals surface area contributed by atoms with Crippen molar-refractivity contribution >= 4 is 30.7 Å². The minimum atomic E-state index is -0.0496. The molecule has 1 aromatic rings. The number of nitrogens with two attached hydrogens (primary N) is 1. The fraction of sp³-hybridized carbons (Fsp3) is 0.611. The molecule has 2 heterocycles. The Labute approximate surface area is 167 Å². The predicted octanol–water partition coefficient (Wildman–Crippen LogP) is 1.77. The summed E-state index contributed by atoms with van der Waals surface area (Å²) in [5.74, 6) is 0.672. The van der Waals surface area contributed by atoms with Crippen molar-refractivity contribution in [2.75, 3.05) is 32.8 Å². The summed E-state index contributed by atoms with van der Waals surface area (Å²) in [7, 11) is 0. The Morgan fingerprint density at radius 2 is 2.15 bits per heavy atom. The van der Waals surface area contributed by atoms with Crippen LogP contribution >= 0.6 is 24.8 Å². The van der Waals surface area contributed by atoms with Crippen LogP contribution in [0.5, 0.6) is 5.75 Å². The van der Waals surface area contributed by atoms with E-state index in [2.05, 4.69) is 17.1 Å². The molecule has 0 bridgehead atoms. The summed E-state index contributed by atoms with van der Waals surface area (Å²) in [6.07, 6.45) is 1.22. The molecule has 1 aromatic carbocycles. The van der Waals surface area contributed by atoms with Crippen molar-refractivity contribution < 1.29 is 14.3 Å². The van der Waals surface area contributed by atoms with E-state index in [1.165, 1.54) is 0 Å². The minimum Gasteiger partial charge on any atom is -0.492 e. The van der Waals surface area contributed by atoms with Gasteiger partial charge in [-0.3, -0.25) is 9.69 Å². The molecule has 0 spiro atoms. The van der Waals surface area contributed by atoms with Crippen LogP contribution in [0.2, 0.25) is 0 Å². The number of benzene rings is 1. The van der Waals surface area contributed by atoms with Crippen LogP contribution in [0.25, 0.3) is 0 Å². The number of nitrogens with one attached hydrogen (secondary N) is 1. The summed E-state index contributed by atoms with van der Waals surface area (Å²) in [6, 6.07) is 6.15. The Bertz CT molecular complexity index is 603. The second-order valence-corrected chi connectivity index (χ2v) is 6.78. The Morgan fingerprint density at radius 3 is 2.88 bits per heavy atom. The van der Waals surface area contributed by atoms with Gasteiger partial charge in [0.2, 0.25) is 0 Å². The van der Waals surface area contributed by atoms with E-state index >= 15 is 0 Å². The zero-order valence-electron chi connectivity index (χ0n) is 15.3. The van der Waals surface area contributed by atoms with Gasteiger partial charge in [0, 0.05) is 37.3 Å². The molecule has 2 aliphatic rings. The highest BCUT2D eigenvalue weighted by Gasteiger charge is 2.36. The molecule has 2 saturated heterocycles. The smallest absolute Gasteiger partial charge is 0.251 e. The number of carbonyl (C=O) groups excluding carboxylic acids is 1. The summed E-state index contributed by atoms with van der Waals surface area (Å²) in [5, 5.41) is 3.15. The van der Waals surface area contributed by atoms with Gasteiger partial charge in [0.15, 0.2) is 0 Å². The lowest BCUT2D eigenvalue weighted by atomic mass is 10.1. The Morgan fingerprint density at radius 1 is 1.38 bits per heavy atom. The van der Waals surface area contributed by atoms with Gasteiger partial charge in [-0.25, -0.2) is 0 Å². The lowest BCUT2D eigenvalue weighted by Crippen LogP contribution is -2.45. The fourth-order valence-electron chi connectivity index (χ4n) is 3.48. The number of aryl methyl sites for hydroxylation is 1. The Kier molecular flexibility index (Phi) is 9.13. The van der Waals surface area contributed by atoms with Gasteiger partial charge in [-0.1, -0.05) is 6.07 Å². The van der Waals surface area contributed by atoms with Crippen LogP contribution in [-0.2, 0) is 4.74 Å². The van der Waals surface area contributed by atoms with Crippen LogP contribution in [0.4, 0.5) is 0 Å². The van der Waals surface area contributed by atoms with Crippen molar-refractivity contribution in [3.8, 4) is 5.75 Å². The van der Waals surface area contributed by atoms with Crippen LogP contribution in [0.3, 0.4) is 0 Å². The number of nitrogens with zero attached hydrogens (tertiary/aromatic N) is 1. The number of fused-ring (bicyclic) bond motifs is 1. The second-order valence-electron chi connectivity index (χ2n) is 6.78. The van der Waals surface area contributed by atoms with E-state index in [0.29, 0.717) is 24.8 Å². The highest BCUT2D eigenvalue weighted by molar-refractivity contribution is 5.95. The van der Waals surface area contributed by atoms with Gasteiger partial charge in [0.1, 0.15) is 12.4 Å². The third kappa shape index (κ3) is 5.47. The predicted molar refractivity (Wildman–Crippen MR) is 107 cm³/mol. The van der Waals surface area contributed by atoms with Crippen molar-refractivity contribution in [2.24, 2.45) is 5.73 Å². The van der Waals surface area contributed by atoms with Gasteiger partial charge in [-0.05, 0) is 38.0 Å². The molecule has 2 aliphatic heterocycles. The van der Waals surface area contributed by atoms with Crippen LogP contribution < -0.4 is 15.8 Å². The molecule has 0 saturated carbocycles. The molecule has 0 aliphatic carbocycles. The summed E-state index contributed by atoms with van der Waals surface area (Å²) in [6.45, 7) is 7.56. The second kappa shape index (κ2) is 10.3. The van der Waals surface area contributed by atoms with Crippen molar-refractivity contribution in [2.45, 2.75) is 38.5 Å². The molecular formula is C18H29Cl2N3O3. The van der Waals surface area contributed by atoms with Crippen molar-refractivity contribution in [3.05, 3.63) is 29.3 Å². The van der Waals surface area contributed by atoms with Crippen LogP contribution in [0.15, 0.2) is 18.2 Å². The average Bonchev–Trinajstić information content (AvgIpc) is 2.95. The Balaban J connectivity index is 0.00000169. The monoisotopic (exact) mass is 405 g/mol. The van der Waals surface area contributed by atoms with E-state index in [9.17, 15) is 4.79 Å². The zero-order valence-corrected chi connectivity index (χ0v) is 16.9. The van der Waals surface area contributed by atoms with E-state index in [4.69, 9.17) is 15.2 Å². The molecule has 8 heteroatoms. The molecule has 26 heavy (non-hydrogen) atoms. The molecule has 0 unspecified atom stereocenters. The molecule has 0 aromatic heterocycles. The fourth-order valence-corrected chi connectivity index (χ4v) is 3.48. The van der Waals surface area contributed by atoms with E-state index < -0.39 is 0 Å². The summed E-state index contributed by atoms with van der Waals surface area (Å²) in [5.41, 5.74) is 7.11. The van der Waals surface area contributed by atoms with Crippen LogP contribution in [-0.4, -0.2) is 61.8 Å². The van der Waals surface area contributed by atoms with Gasteiger partial charge in [-0.15, -0.1) is 24.8 Å². The number of ether oxygens (including phenoxy) is 2. The summed E-state index contributed by atoms with van der Waals surface area (Å²) < 4.78 is 11.3. The molecule has 3 atom stereocenters. The number of halogens is 2. The third-order valence-corrected chi connectivity index (χ3v) is 4.75. The highest BCUT2D eigenvalue weighted by Crippen LogP contribution is 2.24. The van der Waals surface area contributed by atoms with Gasteiger partial charge in [-0.2, -0.15) is 0 Å². The van der Waals surface area contributed by atoms with E-state index in [0.717, 1.165) is 37.4 Å². The van der Waals surface area contributed by atoms with Crippen molar-refractivity contribution in [1.29, 1.82) is 0 Å². The number of amides is 1. The summed E-state index contributed by atoms with van der Waals surface area (Å²) in [4.78, 5) is 15.0. The van der Waals surface area contributed by atoms with Gasteiger partial charge in [0.25, 0.3) is 5.91 Å². The first-order chi connectivity index (χ1) is 11.6. The molecule has 0 radical (unpaired) electrons. The molecular weight excluding hydrogens is 377 g/mol. The number of hydrogen-bond acceptors (Lipinski definition) is 5. The standard InChI is InChI=1S/C18H27N3O3.2ClH/c1-12-3-4-14(7-17(12)23-6-5-19)18(22)20-15-8-16-11-24-13(2)9-21(16)10-15;;/h3-4,7,13,15-16H,5-6,8-11,19H2,1-2H3,(H,20,22);2*1H/t13-,15+,16-;;/m0../s1. The Hall–Kier alpha value is -1.05. The number of carbonyl (C=O) groups is 1. The van der Waals surface area contributed by atoms with Gasteiger partial charge in [0.05, 0.1) is 12.7 Å². The van der Waals surface area contributed by atoms with Crippen LogP contribution in [0, 0.1) is 6.92 Å². The molecule has 148 valence electrons. The number of morpholine rings is 1. The quantitative estimate of drug-likeness (QED) is 0.780. The van der Waals surface area contributed by atoms with E-state index in [1.807, 2.05) is 19.1 Å². The van der Waals surface area contributed by atoms with Crippen molar-refractivity contribution in [3.63, 3.8) is 0 Å². The molecule has 6 nitrogen and oxygen atoms in total. The normalized spacial score (nSPS) is 24.8. The first-order valence-electron chi connectivity index (χ1n) is 8.67. The van der Waals surface area contributed by atoms with Gasteiger partial charge < -0.3 is 20.5 Å². The minimum absolute atomic E-state index is 0. The lowest BCUT2D eigenvalue weighted by Gasteiger charge is -2.33. The van der Waals surface area contributed by atoms with Gasteiger partial charge >= 0.3 is 0 Å². The first-order valence-corrected chi connectivity index (χ1v) is 8.67. The molecule has 3 N–H and O–H groups in total. The first kappa shape index (κ1) is 23.0. The largest absolute Gasteiger partial charge is 0.492 e. The van der Waals surface area contributed by atoms with E-state index in [-0.39, 0.29) is 42.9 Å². The average molecular weight is 406 g/mol. The van der Waals surface area contributed by atoms with Crippen molar-refractivity contribution in [1.82, 2.24) is 10.2 Å². The third-order valence-electron chi connectivity index (χ3n) is 4.75.